The van der Waals surface area contributed by atoms with Crippen molar-refractivity contribution in [2.75, 3.05) is 0 Å². The van der Waals surface area contributed by atoms with Crippen molar-refractivity contribution < 1.29 is 13.2 Å². The van der Waals surface area contributed by atoms with E-state index in [1.54, 1.807) is 36.5 Å². The van der Waals surface area contributed by atoms with Crippen molar-refractivity contribution in [3.63, 3.8) is 0 Å². The number of thiazole rings is 1. The Kier molecular flexibility index (Phi) is 6.36. The number of carbonyl (C=O) groups is 1. The van der Waals surface area contributed by atoms with Crippen LogP contribution in [0.15, 0.2) is 53.6 Å². The molecule has 0 aliphatic heterocycles. The summed E-state index contributed by atoms with van der Waals surface area (Å²) in [4.78, 5) is 17.3. The summed E-state index contributed by atoms with van der Waals surface area (Å²) >= 11 is 13.7. The van der Waals surface area contributed by atoms with Gasteiger partial charge in [-0.1, -0.05) is 41.4 Å². The number of carbonyl (C=O) groups excluding carboxylic acids is 1. The molecule has 146 valence electrons. The minimum absolute atomic E-state index is 0.0259. The number of hydrogen-bond donors (Lipinski definition) is 2. The van der Waals surface area contributed by atoms with Gasteiger partial charge in [-0.3, -0.25) is 4.79 Å². The monoisotopic (exact) mass is 455 g/mol. The molecule has 0 aliphatic rings. The molecular weight excluding hydrogens is 441 g/mol. The van der Waals surface area contributed by atoms with Crippen LogP contribution >= 0.6 is 34.5 Å². The molecule has 0 radical (unpaired) electrons. The quantitative estimate of drug-likeness (QED) is 0.592. The van der Waals surface area contributed by atoms with Gasteiger partial charge in [0.05, 0.1) is 21.4 Å². The zero-order valence-electron chi connectivity index (χ0n) is 14.4. The number of hydrogen-bond acceptors (Lipinski definition) is 5. The summed E-state index contributed by atoms with van der Waals surface area (Å²) in [5.41, 5.74) is 1.41. The van der Waals surface area contributed by atoms with Crippen LogP contribution in [0.25, 0.3) is 10.6 Å². The summed E-state index contributed by atoms with van der Waals surface area (Å²) < 4.78 is 22.5. The van der Waals surface area contributed by atoms with Crippen molar-refractivity contribution in [2.24, 2.45) is 5.14 Å². The van der Waals surface area contributed by atoms with Gasteiger partial charge in [0, 0.05) is 23.2 Å². The fraction of sp³-hybridized carbons (Fsp3) is 0.111. The van der Waals surface area contributed by atoms with Gasteiger partial charge in [-0.15, -0.1) is 11.3 Å². The van der Waals surface area contributed by atoms with Crippen LogP contribution in [0, 0.1) is 0 Å². The molecule has 3 rings (SSSR count). The number of nitrogens with two attached hydrogens (primary N) is 1. The average molecular weight is 456 g/mol. The number of sulfonamides is 1. The normalized spacial score (nSPS) is 11.4. The number of rotatable bonds is 6. The van der Waals surface area contributed by atoms with Crippen LogP contribution in [-0.4, -0.2) is 19.3 Å². The number of nitrogens with one attached hydrogen (secondary N) is 1. The predicted octanol–water partition coefficient (Wildman–Crippen LogP) is 3.62. The number of halogens is 2. The molecule has 1 heterocycles. The molecule has 0 atom stereocenters. The molecule has 0 bridgehead atoms. The largest absolute Gasteiger partial charge is 0.352 e. The second-order valence-electron chi connectivity index (χ2n) is 5.87. The van der Waals surface area contributed by atoms with Crippen molar-refractivity contribution in [1.29, 1.82) is 0 Å². The Bertz CT molecular complexity index is 1090. The van der Waals surface area contributed by atoms with Crippen molar-refractivity contribution in [2.45, 2.75) is 17.9 Å². The van der Waals surface area contributed by atoms with Crippen LogP contribution < -0.4 is 10.5 Å². The third-order valence-corrected chi connectivity index (χ3v) is 6.38. The third-order valence-electron chi connectivity index (χ3n) is 3.81. The van der Waals surface area contributed by atoms with Gasteiger partial charge in [-0.25, -0.2) is 18.5 Å². The fourth-order valence-corrected chi connectivity index (χ4v) is 4.61. The fourth-order valence-electron chi connectivity index (χ4n) is 2.43. The van der Waals surface area contributed by atoms with Gasteiger partial charge in [-0.05, 0) is 29.8 Å². The highest BCUT2D eigenvalue weighted by Crippen LogP contribution is 2.36. The predicted molar refractivity (Wildman–Crippen MR) is 111 cm³/mol. The number of primary sulfonamides is 1. The zero-order valence-corrected chi connectivity index (χ0v) is 17.5. The molecule has 3 N–H and O–H groups in total. The number of benzene rings is 2. The maximum absolute atomic E-state index is 12.2. The van der Waals surface area contributed by atoms with Gasteiger partial charge in [0.1, 0.15) is 5.01 Å². The lowest BCUT2D eigenvalue weighted by molar-refractivity contribution is -0.120. The van der Waals surface area contributed by atoms with Crippen molar-refractivity contribution in [1.82, 2.24) is 10.3 Å². The van der Waals surface area contributed by atoms with Crippen LogP contribution in [-0.2, 0) is 27.8 Å². The van der Waals surface area contributed by atoms with Crippen LogP contribution in [0.5, 0.6) is 0 Å². The van der Waals surface area contributed by atoms with Gasteiger partial charge in [0.15, 0.2) is 0 Å². The van der Waals surface area contributed by atoms with E-state index in [1.807, 2.05) is 0 Å². The van der Waals surface area contributed by atoms with E-state index >= 15 is 0 Å². The Morgan fingerprint density at radius 2 is 1.75 bits per heavy atom. The minimum atomic E-state index is -3.73. The Morgan fingerprint density at radius 1 is 1.11 bits per heavy atom. The van der Waals surface area contributed by atoms with Crippen molar-refractivity contribution in [3.8, 4) is 10.6 Å². The summed E-state index contributed by atoms with van der Waals surface area (Å²) in [6.45, 7) is 0.270. The molecule has 6 nitrogen and oxygen atoms in total. The molecule has 0 unspecified atom stereocenters. The summed E-state index contributed by atoms with van der Waals surface area (Å²) in [7, 11) is -3.73. The first kappa shape index (κ1) is 20.8. The molecule has 1 amide bonds. The van der Waals surface area contributed by atoms with Gasteiger partial charge >= 0.3 is 0 Å². The molecule has 0 saturated heterocycles. The van der Waals surface area contributed by atoms with E-state index in [9.17, 15) is 13.2 Å². The summed E-state index contributed by atoms with van der Waals surface area (Å²) in [6.07, 6.45) is 1.79. The van der Waals surface area contributed by atoms with Gasteiger partial charge in [0.2, 0.25) is 15.9 Å². The van der Waals surface area contributed by atoms with E-state index in [4.69, 9.17) is 28.3 Å². The van der Waals surface area contributed by atoms with E-state index in [-0.39, 0.29) is 23.8 Å². The van der Waals surface area contributed by atoms with E-state index in [0.717, 1.165) is 10.4 Å². The number of nitrogens with zero attached hydrogens (tertiary/aromatic N) is 1. The highest BCUT2D eigenvalue weighted by molar-refractivity contribution is 7.89. The maximum Gasteiger partial charge on any atom is 0.238 e. The SMILES string of the molecule is NS(=O)(=O)c1ccc(CNC(=O)Cc2cnc(-c3c(Cl)cccc3Cl)s2)cc1. The Hall–Kier alpha value is -1.97. The average Bonchev–Trinajstić information content (AvgIpc) is 3.07. The standard InChI is InChI=1S/C18H15Cl2N3O3S2/c19-14-2-1-3-15(20)17(14)18-23-10-12(27-18)8-16(24)22-9-11-4-6-13(7-5-11)28(21,25)26/h1-7,10H,8-9H2,(H,22,24)(H2,21,25,26). The van der Waals surface area contributed by atoms with Gasteiger partial charge in [0.25, 0.3) is 0 Å². The topological polar surface area (TPSA) is 102 Å². The van der Waals surface area contributed by atoms with Crippen LogP contribution in [0.3, 0.4) is 0 Å². The molecule has 0 fully saturated rings. The second kappa shape index (κ2) is 8.59. The Morgan fingerprint density at radius 3 is 2.36 bits per heavy atom. The van der Waals surface area contributed by atoms with Crippen molar-refractivity contribution in [3.05, 3.63) is 69.1 Å². The van der Waals surface area contributed by atoms with E-state index in [1.165, 1.54) is 23.5 Å². The minimum Gasteiger partial charge on any atom is -0.352 e. The lowest BCUT2D eigenvalue weighted by Gasteiger charge is -2.05. The van der Waals surface area contributed by atoms with Crippen molar-refractivity contribution >= 4 is 50.5 Å². The summed E-state index contributed by atoms with van der Waals surface area (Å²) in [5.74, 6) is -0.184. The molecule has 10 heteroatoms. The Labute approximate surface area is 176 Å². The molecule has 0 spiro atoms. The van der Waals surface area contributed by atoms with Crippen LogP contribution in [0.2, 0.25) is 10.0 Å². The highest BCUT2D eigenvalue weighted by Gasteiger charge is 2.14. The van der Waals surface area contributed by atoms with Gasteiger partial charge < -0.3 is 5.32 Å². The first-order chi connectivity index (χ1) is 13.2. The molecule has 28 heavy (non-hydrogen) atoms. The first-order valence-electron chi connectivity index (χ1n) is 8.01. The maximum atomic E-state index is 12.2. The van der Waals surface area contributed by atoms with Crippen LogP contribution in [0.4, 0.5) is 0 Å². The molecule has 0 aliphatic carbocycles. The molecule has 2 aromatic carbocycles. The first-order valence-corrected chi connectivity index (χ1v) is 11.1. The number of aromatic nitrogens is 1. The van der Waals surface area contributed by atoms with E-state index in [0.29, 0.717) is 20.6 Å². The van der Waals surface area contributed by atoms with E-state index < -0.39 is 10.0 Å². The molecule has 1 aromatic heterocycles. The smallest absolute Gasteiger partial charge is 0.238 e. The highest BCUT2D eigenvalue weighted by atomic mass is 35.5. The Balaban J connectivity index is 1.61. The zero-order chi connectivity index (χ0) is 20.3. The molecular formula is C18H15Cl2N3O3S2. The molecule has 3 aromatic rings. The van der Waals surface area contributed by atoms with Crippen LogP contribution in [0.1, 0.15) is 10.4 Å². The second-order valence-corrected chi connectivity index (χ2v) is 9.36. The summed E-state index contributed by atoms with van der Waals surface area (Å²) in [6, 6.07) is 11.2. The lowest BCUT2D eigenvalue weighted by Crippen LogP contribution is -2.24. The van der Waals surface area contributed by atoms with E-state index in [2.05, 4.69) is 10.3 Å². The van der Waals surface area contributed by atoms with Gasteiger partial charge in [-0.2, -0.15) is 0 Å². The third kappa shape index (κ3) is 5.09. The number of amides is 1. The summed E-state index contributed by atoms with van der Waals surface area (Å²) in [5, 5.41) is 9.49. The molecule has 0 saturated carbocycles. The lowest BCUT2D eigenvalue weighted by atomic mass is 10.2.